The summed E-state index contributed by atoms with van der Waals surface area (Å²) in [5.41, 5.74) is 7.92. The van der Waals surface area contributed by atoms with Gasteiger partial charge >= 0.3 is 0 Å². The predicted molar refractivity (Wildman–Crippen MR) is 76.1 cm³/mol. The van der Waals surface area contributed by atoms with Gasteiger partial charge in [-0.1, -0.05) is 32.4 Å². The highest BCUT2D eigenvalue weighted by Gasteiger charge is 2.23. The van der Waals surface area contributed by atoms with Crippen LogP contribution in [0.2, 0.25) is 5.02 Å². The minimum absolute atomic E-state index is 0.190. The van der Waals surface area contributed by atoms with Crippen molar-refractivity contribution in [3.63, 3.8) is 0 Å². The van der Waals surface area contributed by atoms with Crippen molar-refractivity contribution >= 4 is 11.6 Å². The van der Waals surface area contributed by atoms with Gasteiger partial charge in [-0.3, -0.25) is 0 Å². The molecule has 1 aromatic rings. The molecule has 102 valence electrons. The molecule has 0 radical (unpaired) electrons. The Morgan fingerprint density at radius 1 is 1.17 bits per heavy atom. The van der Waals surface area contributed by atoms with Gasteiger partial charge in [-0.15, -0.1) is 0 Å². The van der Waals surface area contributed by atoms with Crippen LogP contribution in [-0.2, 0) is 0 Å². The standard InChI is InChI=1S/C14H22ClNO2/c1-8(2)12-13(9(3)7-16)10(15)6-11(17-4)14(12)18-5/h6,8-9H,7,16H2,1-5H3. The topological polar surface area (TPSA) is 44.5 Å². The zero-order valence-corrected chi connectivity index (χ0v) is 12.5. The summed E-state index contributed by atoms with van der Waals surface area (Å²) >= 11 is 6.37. The Hall–Kier alpha value is -0.930. The second-order valence-electron chi connectivity index (χ2n) is 4.71. The van der Waals surface area contributed by atoms with Crippen LogP contribution in [0.1, 0.15) is 43.7 Å². The number of ether oxygens (including phenoxy) is 2. The van der Waals surface area contributed by atoms with E-state index in [1.807, 2.05) is 0 Å². The zero-order valence-electron chi connectivity index (χ0n) is 11.7. The maximum atomic E-state index is 6.37. The first kappa shape index (κ1) is 15.1. The molecule has 1 aromatic carbocycles. The summed E-state index contributed by atoms with van der Waals surface area (Å²) in [6.07, 6.45) is 0. The van der Waals surface area contributed by atoms with E-state index in [1.54, 1.807) is 20.3 Å². The van der Waals surface area contributed by atoms with Gasteiger partial charge in [0.05, 0.1) is 14.2 Å². The molecule has 0 aliphatic rings. The summed E-state index contributed by atoms with van der Waals surface area (Å²) in [4.78, 5) is 0. The maximum Gasteiger partial charge on any atom is 0.164 e. The first-order chi connectivity index (χ1) is 8.47. The summed E-state index contributed by atoms with van der Waals surface area (Å²) in [6, 6.07) is 1.80. The van der Waals surface area contributed by atoms with E-state index in [0.29, 0.717) is 17.3 Å². The van der Waals surface area contributed by atoms with Crippen molar-refractivity contribution in [3.05, 3.63) is 22.2 Å². The van der Waals surface area contributed by atoms with Gasteiger partial charge in [0.15, 0.2) is 11.5 Å². The van der Waals surface area contributed by atoms with Crippen molar-refractivity contribution in [1.29, 1.82) is 0 Å². The van der Waals surface area contributed by atoms with Gasteiger partial charge in [0.25, 0.3) is 0 Å². The maximum absolute atomic E-state index is 6.37. The fourth-order valence-corrected chi connectivity index (χ4v) is 2.58. The monoisotopic (exact) mass is 271 g/mol. The van der Waals surface area contributed by atoms with Crippen molar-refractivity contribution < 1.29 is 9.47 Å². The molecular weight excluding hydrogens is 250 g/mol. The summed E-state index contributed by atoms with van der Waals surface area (Å²) in [5.74, 6) is 1.90. The van der Waals surface area contributed by atoms with Gasteiger partial charge in [-0.25, -0.2) is 0 Å². The van der Waals surface area contributed by atoms with Crippen LogP contribution in [0, 0.1) is 0 Å². The third-order valence-corrected chi connectivity index (χ3v) is 3.43. The number of methoxy groups -OCH3 is 2. The van der Waals surface area contributed by atoms with E-state index in [2.05, 4.69) is 20.8 Å². The van der Waals surface area contributed by atoms with E-state index in [0.717, 1.165) is 16.9 Å². The Bertz CT molecular complexity index is 419. The molecule has 0 heterocycles. The van der Waals surface area contributed by atoms with Crippen molar-refractivity contribution in [3.8, 4) is 11.5 Å². The summed E-state index contributed by atoms with van der Waals surface area (Å²) in [7, 11) is 3.26. The number of halogens is 1. The third kappa shape index (κ3) is 2.73. The second kappa shape index (κ2) is 6.30. The molecule has 0 bridgehead atoms. The average molecular weight is 272 g/mol. The van der Waals surface area contributed by atoms with Crippen LogP contribution in [0.5, 0.6) is 11.5 Å². The van der Waals surface area contributed by atoms with Gasteiger partial charge in [0.2, 0.25) is 0 Å². The summed E-state index contributed by atoms with van der Waals surface area (Å²) in [5, 5.41) is 0.689. The Morgan fingerprint density at radius 2 is 1.78 bits per heavy atom. The van der Waals surface area contributed by atoms with Gasteiger partial charge in [-0.2, -0.15) is 0 Å². The van der Waals surface area contributed by atoms with Gasteiger partial charge in [0.1, 0.15) is 0 Å². The minimum Gasteiger partial charge on any atom is -0.493 e. The molecular formula is C14H22ClNO2. The first-order valence-corrected chi connectivity index (χ1v) is 6.49. The molecule has 1 unspecified atom stereocenters. The van der Waals surface area contributed by atoms with E-state index in [4.69, 9.17) is 26.8 Å². The highest BCUT2D eigenvalue weighted by atomic mass is 35.5. The Kier molecular flexibility index (Phi) is 5.29. The molecule has 2 N–H and O–H groups in total. The van der Waals surface area contributed by atoms with Crippen LogP contribution in [0.3, 0.4) is 0 Å². The lowest BCUT2D eigenvalue weighted by atomic mass is 9.88. The number of nitrogens with two attached hydrogens (primary N) is 1. The lowest BCUT2D eigenvalue weighted by Gasteiger charge is -2.23. The zero-order chi connectivity index (χ0) is 13.9. The van der Waals surface area contributed by atoms with E-state index in [9.17, 15) is 0 Å². The molecule has 0 amide bonds. The molecule has 4 heteroatoms. The Morgan fingerprint density at radius 3 is 2.17 bits per heavy atom. The number of hydrogen-bond acceptors (Lipinski definition) is 3. The average Bonchev–Trinajstić information content (AvgIpc) is 2.36. The molecule has 3 nitrogen and oxygen atoms in total. The minimum atomic E-state index is 0.190. The van der Waals surface area contributed by atoms with Gasteiger partial charge in [-0.05, 0) is 23.9 Å². The highest BCUT2D eigenvalue weighted by molar-refractivity contribution is 6.31. The quantitative estimate of drug-likeness (QED) is 0.891. The van der Waals surface area contributed by atoms with Crippen molar-refractivity contribution in [2.75, 3.05) is 20.8 Å². The summed E-state index contributed by atoms with van der Waals surface area (Å²) < 4.78 is 10.8. The molecule has 0 aromatic heterocycles. The molecule has 0 aliphatic heterocycles. The Balaban J connectivity index is 3.59. The van der Waals surface area contributed by atoms with Gasteiger partial charge < -0.3 is 15.2 Å². The van der Waals surface area contributed by atoms with Crippen LogP contribution < -0.4 is 15.2 Å². The fraction of sp³-hybridized carbons (Fsp3) is 0.571. The van der Waals surface area contributed by atoms with Crippen LogP contribution in [-0.4, -0.2) is 20.8 Å². The molecule has 0 fully saturated rings. The van der Waals surface area contributed by atoms with E-state index in [1.165, 1.54) is 0 Å². The number of benzene rings is 1. The second-order valence-corrected chi connectivity index (χ2v) is 5.12. The van der Waals surface area contributed by atoms with Crippen molar-refractivity contribution in [2.24, 2.45) is 5.73 Å². The molecule has 0 saturated heterocycles. The fourth-order valence-electron chi connectivity index (χ4n) is 2.20. The van der Waals surface area contributed by atoms with E-state index >= 15 is 0 Å². The van der Waals surface area contributed by atoms with Crippen LogP contribution >= 0.6 is 11.6 Å². The molecule has 0 aliphatic carbocycles. The highest BCUT2D eigenvalue weighted by Crippen LogP contribution is 2.44. The van der Waals surface area contributed by atoms with Crippen LogP contribution in [0.15, 0.2) is 6.07 Å². The SMILES string of the molecule is COc1cc(Cl)c(C(C)CN)c(C(C)C)c1OC. The summed E-state index contributed by atoms with van der Waals surface area (Å²) in [6.45, 7) is 6.84. The third-order valence-electron chi connectivity index (χ3n) is 3.12. The van der Waals surface area contributed by atoms with E-state index < -0.39 is 0 Å². The number of hydrogen-bond donors (Lipinski definition) is 1. The largest absolute Gasteiger partial charge is 0.493 e. The lowest BCUT2D eigenvalue weighted by molar-refractivity contribution is 0.349. The van der Waals surface area contributed by atoms with Crippen molar-refractivity contribution in [1.82, 2.24) is 0 Å². The van der Waals surface area contributed by atoms with Crippen LogP contribution in [0.25, 0.3) is 0 Å². The van der Waals surface area contributed by atoms with E-state index in [-0.39, 0.29) is 11.8 Å². The smallest absolute Gasteiger partial charge is 0.164 e. The van der Waals surface area contributed by atoms with Crippen molar-refractivity contribution in [2.45, 2.75) is 32.6 Å². The normalized spacial score (nSPS) is 12.7. The predicted octanol–water partition coefficient (Wildman–Crippen LogP) is 3.54. The molecule has 1 rings (SSSR count). The molecule has 0 spiro atoms. The van der Waals surface area contributed by atoms with Crippen LogP contribution in [0.4, 0.5) is 0 Å². The molecule has 18 heavy (non-hydrogen) atoms. The molecule has 0 saturated carbocycles. The molecule has 1 atom stereocenters. The first-order valence-electron chi connectivity index (χ1n) is 6.12. The Labute approximate surface area is 114 Å². The lowest BCUT2D eigenvalue weighted by Crippen LogP contribution is -2.13. The number of rotatable bonds is 5. The van der Waals surface area contributed by atoms with Gasteiger partial charge in [0, 0.05) is 16.7 Å².